The first kappa shape index (κ1) is 30.4. The molecule has 10 heteroatoms. The van der Waals surface area contributed by atoms with Gasteiger partial charge in [-0.1, -0.05) is 44.7 Å². The predicted octanol–water partition coefficient (Wildman–Crippen LogP) is 5.84. The Balaban J connectivity index is 1.70. The lowest BCUT2D eigenvalue weighted by atomic mass is 9.95. The summed E-state index contributed by atoms with van der Waals surface area (Å²) in [5, 5.41) is 0.339. The number of carbonyl (C=O) groups is 1. The van der Waals surface area contributed by atoms with E-state index >= 15 is 8.78 Å². The number of benzene rings is 2. The van der Waals surface area contributed by atoms with E-state index in [-0.39, 0.29) is 46.6 Å². The SMILES string of the molecule is C=CC(=O)N1C[C@H](C)N(c2nc(=O)n3c4nc(c(F)cc24)-c2c(F)cccc2N(C)CCCc2cccc(C(C)C)c2-3)C[C@H]1C. The Kier molecular flexibility index (Phi) is 7.93. The summed E-state index contributed by atoms with van der Waals surface area (Å²) in [7, 11) is 1.87. The van der Waals surface area contributed by atoms with Crippen molar-refractivity contribution < 1.29 is 13.6 Å². The molecule has 2 atom stereocenters. The summed E-state index contributed by atoms with van der Waals surface area (Å²) < 4.78 is 33.5. The molecule has 4 heterocycles. The largest absolute Gasteiger partial charge is 0.374 e. The van der Waals surface area contributed by atoms with E-state index in [1.54, 1.807) is 17.0 Å². The molecular weight excluding hydrogens is 574 g/mol. The molecule has 0 unspecified atom stereocenters. The number of anilines is 2. The number of piperazine rings is 1. The minimum atomic E-state index is -0.717. The number of nitrogens with zero attached hydrogens (tertiary/aromatic N) is 6. The predicted molar refractivity (Wildman–Crippen MR) is 174 cm³/mol. The molecule has 6 rings (SSSR count). The van der Waals surface area contributed by atoms with Gasteiger partial charge in [-0.05, 0) is 68.0 Å². The van der Waals surface area contributed by atoms with Crippen LogP contribution in [0.4, 0.5) is 20.3 Å². The molecule has 4 aromatic rings. The Morgan fingerprint density at radius 2 is 1.80 bits per heavy atom. The normalized spacial score (nSPS) is 18.4. The maximum atomic E-state index is 16.4. The third-order valence-corrected chi connectivity index (χ3v) is 9.09. The Morgan fingerprint density at radius 3 is 2.53 bits per heavy atom. The molecule has 2 aliphatic heterocycles. The zero-order valence-electron chi connectivity index (χ0n) is 26.3. The smallest absolute Gasteiger partial charge is 0.355 e. The molecular formula is C35H38F2N6O2. The number of aromatic nitrogens is 3. The third-order valence-electron chi connectivity index (χ3n) is 9.09. The number of amides is 1. The number of fused-ring (bicyclic) bond motifs is 5. The number of aryl methyl sites for hydroxylation is 1. The van der Waals surface area contributed by atoms with Crippen molar-refractivity contribution in [3.05, 3.63) is 88.4 Å². The summed E-state index contributed by atoms with van der Waals surface area (Å²) in [6, 6.07) is 11.5. The number of halogens is 2. The van der Waals surface area contributed by atoms with Gasteiger partial charge >= 0.3 is 5.69 Å². The van der Waals surface area contributed by atoms with E-state index < -0.39 is 17.3 Å². The topological polar surface area (TPSA) is 74.6 Å². The summed E-state index contributed by atoms with van der Waals surface area (Å²) in [5.41, 5.74) is 2.64. The molecule has 2 aliphatic rings. The maximum Gasteiger partial charge on any atom is 0.355 e. The van der Waals surface area contributed by atoms with E-state index in [9.17, 15) is 9.59 Å². The second kappa shape index (κ2) is 11.7. The number of rotatable bonds is 3. The second-order valence-electron chi connectivity index (χ2n) is 12.5. The zero-order valence-corrected chi connectivity index (χ0v) is 26.3. The monoisotopic (exact) mass is 612 g/mol. The first-order valence-electron chi connectivity index (χ1n) is 15.5. The van der Waals surface area contributed by atoms with E-state index in [1.165, 1.54) is 22.8 Å². The van der Waals surface area contributed by atoms with E-state index in [0.717, 1.165) is 17.5 Å². The van der Waals surface area contributed by atoms with Gasteiger partial charge in [-0.15, -0.1) is 0 Å². The lowest BCUT2D eigenvalue weighted by molar-refractivity contribution is -0.128. The molecule has 0 aliphatic carbocycles. The molecule has 0 spiro atoms. The Hall–Kier alpha value is -4.60. The third kappa shape index (κ3) is 5.15. The molecule has 45 heavy (non-hydrogen) atoms. The molecule has 2 aromatic heterocycles. The van der Waals surface area contributed by atoms with Gasteiger partial charge in [0.2, 0.25) is 5.91 Å². The number of pyridine rings is 1. The first-order valence-corrected chi connectivity index (χ1v) is 15.5. The van der Waals surface area contributed by atoms with Crippen molar-refractivity contribution in [2.75, 3.05) is 36.5 Å². The van der Waals surface area contributed by atoms with Crippen molar-refractivity contribution in [2.24, 2.45) is 0 Å². The molecule has 0 radical (unpaired) electrons. The van der Waals surface area contributed by atoms with Crippen molar-refractivity contribution >= 4 is 28.4 Å². The van der Waals surface area contributed by atoms with E-state index in [2.05, 4.69) is 25.4 Å². The van der Waals surface area contributed by atoms with Gasteiger partial charge in [0.1, 0.15) is 17.3 Å². The van der Waals surface area contributed by atoms with Gasteiger partial charge in [0.25, 0.3) is 0 Å². The van der Waals surface area contributed by atoms with Crippen molar-refractivity contribution in [3.8, 4) is 16.9 Å². The van der Waals surface area contributed by atoms with Gasteiger partial charge in [0.15, 0.2) is 11.5 Å². The van der Waals surface area contributed by atoms with Crippen LogP contribution in [0.15, 0.2) is 59.9 Å². The van der Waals surface area contributed by atoms with Crippen LogP contribution in [-0.4, -0.2) is 64.1 Å². The molecule has 1 amide bonds. The van der Waals surface area contributed by atoms with Gasteiger partial charge in [0, 0.05) is 44.5 Å². The lowest BCUT2D eigenvalue weighted by Gasteiger charge is -2.44. The number of hydrogen-bond acceptors (Lipinski definition) is 6. The van der Waals surface area contributed by atoms with Gasteiger partial charge in [-0.25, -0.2) is 23.1 Å². The summed E-state index contributed by atoms with van der Waals surface area (Å²) in [4.78, 5) is 41.8. The highest BCUT2D eigenvalue weighted by atomic mass is 19.1. The molecule has 234 valence electrons. The summed E-state index contributed by atoms with van der Waals surface area (Å²) in [6.07, 6.45) is 2.67. The minimum absolute atomic E-state index is 0.0493. The standard InChI is InChI=1S/C35H38F2N6O2/c1-7-29(44)41-18-22(5)42(19-21(41)4)33-25-17-27(37)31-30-26(36)14-9-15-28(30)40(6)16-10-12-23-11-8-13-24(20(2)3)32(23)43(34(25)38-31)35(45)39-33/h7-9,11,13-15,17,20-22H,1,10,12,16,18-19H2,2-6H3/t21-,22+/m1/s1. The van der Waals surface area contributed by atoms with Crippen LogP contribution < -0.4 is 15.5 Å². The Morgan fingerprint density at radius 1 is 1.04 bits per heavy atom. The molecule has 2 bridgehead atoms. The molecule has 0 saturated carbocycles. The van der Waals surface area contributed by atoms with Crippen LogP contribution in [-0.2, 0) is 11.2 Å². The van der Waals surface area contributed by atoms with Gasteiger partial charge < -0.3 is 14.7 Å². The zero-order chi connectivity index (χ0) is 32.2. The van der Waals surface area contributed by atoms with Crippen molar-refractivity contribution in [1.82, 2.24) is 19.4 Å². The van der Waals surface area contributed by atoms with Crippen LogP contribution in [0.5, 0.6) is 0 Å². The van der Waals surface area contributed by atoms with Crippen molar-refractivity contribution in [1.29, 1.82) is 0 Å². The van der Waals surface area contributed by atoms with Crippen LogP contribution in [0.25, 0.3) is 28.0 Å². The van der Waals surface area contributed by atoms with Crippen molar-refractivity contribution in [3.63, 3.8) is 0 Å². The molecule has 1 fully saturated rings. The van der Waals surface area contributed by atoms with Crippen molar-refractivity contribution in [2.45, 2.75) is 58.5 Å². The van der Waals surface area contributed by atoms with Gasteiger partial charge in [0.05, 0.1) is 16.6 Å². The average Bonchev–Trinajstić information content (AvgIpc) is 3.00. The quantitative estimate of drug-likeness (QED) is 0.271. The minimum Gasteiger partial charge on any atom is -0.374 e. The Bertz CT molecular complexity index is 1890. The van der Waals surface area contributed by atoms with Gasteiger partial charge in [-0.3, -0.25) is 4.79 Å². The first-order chi connectivity index (χ1) is 21.5. The van der Waals surface area contributed by atoms with Crippen LogP contribution in [0.2, 0.25) is 0 Å². The number of para-hydroxylation sites is 1. The van der Waals surface area contributed by atoms with Crippen LogP contribution >= 0.6 is 0 Å². The van der Waals surface area contributed by atoms with E-state index in [0.29, 0.717) is 42.8 Å². The average molecular weight is 613 g/mol. The molecule has 2 aromatic carbocycles. The summed E-state index contributed by atoms with van der Waals surface area (Å²) in [6.45, 7) is 12.9. The number of hydrogen-bond donors (Lipinski definition) is 0. The molecule has 1 saturated heterocycles. The highest BCUT2D eigenvalue weighted by molar-refractivity contribution is 5.92. The summed E-state index contributed by atoms with van der Waals surface area (Å²) >= 11 is 0. The van der Waals surface area contributed by atoms with Crippen LogP contribution in [0, 0.1) is 11.6 Å². The molecule has 8 nitrogen and oxygen atoms in total. The highest BCUT2D eigenvalue weighted by Crippen LogP contribution is 2.38. The van der Waals surface area contributed by atoms with Crippen LogP contribution in [0.1, 0.15) is 51.2 Å². The fourth-order valence-corrected chi connectivity index (χ4v) is 6.79. The lowest BCUT2D eigenvalue weighted by Crippen LogP contribution is -2.58. The van der Waals surface area contributed by atoms with E-state index in [4.69, 9.17) is 4.98 Å². The molecule has 0 N–H and O–H groups in total. The van der Waals surface area contributed by atoms with Crippen LogP contribution in [0.3, 0.4) is 0 Å². The maximum absolute atomic E-state index is 16.4. The van der Waals surface area contributed by atoms with Gasteiger partial charge in [-0.2, -0.15) is 4.98 Å². The second-order valence-corrected chi connectivity index (χ2v) is 12.5. The fraction of sp³-hybridized carbons (Fsp3) is 0.371. The summed E-state index contributed by atoms with van der Waals surface area (Å²) in [5.74, 6) is -1.14. The number of carbonyl (C=O) groups excluding carboxylic acids is 1. The Labute approximate surface area is 261 Å². The fourth-order valence-electron chi connectivity index (χ4n) is 6.79. The highest BCUT2D eigenvalue weighted by Gasteiger charge is 2.34. The van der Waals surface area contributed by atoms with E-state index in [1.807, 2.05) is 48.9 Å².